The quantitative estimate of drug-likeness (QED) is 0.299. The first-order valence-corrected chi connectivity index (χ1v) is 13.7. The molecule has 0 spiro atoms. The molecule has 2 aromatic carbocycles. The highest BCUT2D eigenvalue weighted by atomic mass is 32.1. The van der Waals surface area contributed by atoms with Crippen molar-refractivity contribution in [3.63, 3.8) is 0 Å². The second-order valence-corrected chi connectivity index (χ2v) is 9.85. The van der Waals surface area contributed by atoms with Crippen LogP contribution in [-0.4, -0.2) is 36.3 Å². The summed E-state index contributed by atoms with van der Waals surface area (Å²) in [6.07, 6.45) is 3.40. The van der Waals surface area contributed by atoms with Crippen LogP contribution in [0.3, 0.4) is 0 Å². The lowest BCUT2D eigenvalue weighted by Gasteiger charge is -2.25. The third kappa shape index (κ3) is 6.07. The van der Waals surface area contributed by atoms with Crippen LogP contribution in [0.1, 0.15) is 44.9 Å². The topological polar surface area (TPSA) is 108 Å². The van der Waals surface area contributed by atoms with Crippen molar-refractivity contribution < 1.29 is 23.8 Å². The fourth-order valence-electron chi connectivity index (χ4n) is 4.36. The monoisotopic (exact) mass is 561 g/mol. The summed E-state index contributed by atoms with van der Waals surface area (Å²) in [7, 11) is 0. The molecule has 0 saturated carbocycles. The highest BCUT2D eigenvalue weighted by Gasteiger charge is 2.34. The number of hydrogen-bond acceptors (Lipinski definition) is 8. The Kier molecular flexibility index (Phi) is 9.00. The summed E-state index contributed by atoms with van der Waals surface area (Å²) in [4.78, 5) is 43.4. The van der Waals surface area contributed by atoms with E-state index in [1.54, 1.807) is 56.3 Å². The van der Waals surface area contributed by atoms with Crippen LogP contribution in [0.2, 0.25) is 0 Å². The molecular formula is C30H31N3O6S. The molecule has 3 aromatic rings. The van der Waals surface area contributed by atoms with E-state index < -0.39 is 12.0 Å². The minimum absolute atomic E-state index is 0.165. The van der Waals surface area contributed by atoms with Gasteiger partial charge in [-0.2, -0.15) is 0 Å². The van der Waals surface area contributed by atoms with Crippen molar-refractivity contribution in [2.45, 2.75) is 33.7 Å². The zero-order valence-electron chi connectivity index (χ0n) is 22.9. The second kappa shape index (κ2) is 12.6. The Balaban J connectivity index is 1.88. The Morgan fingerprint density at radius 2 is 1.85 bits per heavy atom. The van der Waals surface area contributed by atoms with Crippen molar-refractivity contribution in [1.29, 1.82) is 0 Å². The Labute approximate surface area is 235 Å². The molecule has 0 bridgehead atoms. The molecule has 0 saturated heterocycles. The van der Waals surface area contributed by atoms with Crippen LogP contribution in [-0.2, 0) is 14.3 Å². The number of allylic oxidation sites excluding steroid dienone is 1. The van der Waals surface area contributed by atoms with Crippen LogP contribution in [0.5, 0.6) is 11.5 Å². The molecule has 1 aliphatic rings. The lowest BCUT2D eigenvalue weighted by molar-refractivity contribution is -0.139. The van der Waals surface area contributed by atoms with Gasteiger partial charge in [0.15, 0.2) is 16.3 Å². The summed E-state index contributed by atoms with van der Waals surface area (Å²) in [6, 6.07) is 11.7. The molecule has 1 amide bonds. The van der Waals surface area contributed by atoms with Gasteiger partial charge in [-0.25, -0.2) is 9.79 Å². The number of nitrogens with one attached hydrogen (secondary N) is 1. The fraction of sp³-hybridized carbons (Fsp3) is 0.267. The molecule has 0 fully saturated rings. The van der Waals surface area contributed by atoms with Crippen LogP contribution >= 0.6 is 11.3 Å². The van der Waals surface area contributed by atoms with Gasteiger partial charge >= 0.3 is 5.97 Å². The number of amides is 1. The van der Waals surface area contributed by atoms with Crippen LogP contribution in [0.4, 0.5) is 5.69 Å². The fourth-order valence-corrected chi connectivity index (χ4v) is 5.40. The minimum Gasteiger partial charge on any atom is -0.490 e. The molecule has 10 heteroatoms. The average Bonchev–Trinajstić information content (AvgIpc) is 3.22. The van der Waals surface area contributed by atoms with Crippen LogP contribution in [0.15, 0.2) is 76.2 Å². The largest absolute Gasteiger partial charge is 0.490 e. The number of carbonyl (C=O) groups is 2. The summed E-state index contributed by atoms with van der Waals surface area (Å²) in [5, 5.41) is 2.73. The van der Waals surface area contributed by atoms with E-state index in [0.717, 1.165) is 5.56 Å². The van der Waals surface area contributed by atoms with Crippen molar-refractivity contribution in [3.8, 4) is 11.5 Å². The smallest absolute Gasteiger partial charge is 0.338 e. The van der Waals surface area contributed by atoms with Gasteiger partial charge in [-0.3, -0.25) is 14.2 Å². The standard InChI is InChI=1S/C30H31N3O6S/c1-6-15-39-23-14-11-21(17-24(23)37-7-2)27-26(29(36)38-8-3)18(4)31-30-33(27)28(35)25(40-30)16-20-9-12-22(13-10-20)32-19(5)34/h6,9-14,16-17,27H,1,7-8,15H2,2-5H3,(H,32,34)/b25-16+/t27-/m1/s1. The Morgan fingerprint density at radius 3 is 2.50 bits per heavy atom. The summed E-state index contributed by atoms with van der Waals surface area (Å²) >= 11 is 1.23. The van der Waals surface area contributed by atoms with E-state index >= 15 is 0 Å². The number of thiazole rings is 1. The molecule has 4 rings (SSSR count). The second-order valence-electron chi connectivity index (χ2n) is 8.84. The van der Waals surface area contributed by atoms with Crippen molar-refractivity contribution in [2.75, 3.05) is 25.1 Å². The Morgan fingerprint density at radius 1 is 1.10 bits per heavy atom. The number of esters is 1. The maximum absolute atomic E-state index is 13.8. The zero-order chi connectivity index (χ0) is 28.8. The van der Waals surface area contributed by atoms with Crippen molar-refractivity contribution in [2.24, 2.45) is 4.99 Å². The summed E-state index contributed by atoms with van der Waals surface area (Å²) in [5.41, 5.74) is 2.55. The summed E-state index contributed by atoms with van der Waals surface area (Å²) in [6.45, 7) is 11.3. The first-order chi connectivity index (χ1) is 19.3. The number of nitrogens with zero attached hydrogens (tertiary/aromatic N) is 2. The van der Waals surface area contributed by atoms with E-state index in [4.69, 9.17) is 14.2 Å². The molecule has 1 N–H and O–H groups in total. The molecule has 9 nitrogen and oxygen atoms in total. The van der Waals surface area contributed by atoms with Crippen molar-refractivity contribution in [3.05, 3.63) is 97.2 Å². The average molecular weight is 562 g/mol. The maximum atomic E-state index is 13.8. The van der Waals surface area contributed by atoms with Gasteiger partial charge in [0.25, 0.3) is 5.56 Å². The number of ether oxygens (including phenoxy) is 3. The molecule has 1 aliphatic heterocycles. The SMILES string of the molecule is C=CCOc1ccc([C@@H]2C(C(=O)OCC)=C(C)N=c3s/c(=C/c4ccc(NC(C)=O)cc4)c(=O)n32)cc1OCC. The Bertz CT molecular complexity index is 1650. The molecule has 0 unspecified atom stereocenters. The van der Waals surface area contributed by atoms with Crippen LogP contribution in [0.25, 0.3) is 6.08 Å². The normalized spacial score (nSPS) is 14.7. The lowest BCUT2D eigenvalue weighted by Crippen LogP contribution is -2.40. The summed E-state index contributed by atoms with van der Waals surface area (Å²) in [5.74, 6) is 0.309. The van der Waals surface area contributed by atoms with E-state index in [0.29, 0.717) is 51.0 Å². The Hall–Kier alpha value is -4.44. The van der Waals surface area contributed by atoms with Crippen LogP contribution < -0.4 is 29.7 Å². The van der Waals surface area contributed by atoms with Gasteiger partial charge in [-0.1, -0.05) is 42.2 Å². The maximum Gasteiger partial charge on any atom is 0.338 e. The number of benzene rings is 2. The predicted molar refractivity (Wildman–Crippen MR) is 154 cm³/mol. The highest BCUT2D eigenvalue weighted by Crippen LogP contribution is 2.36. The van der Waals surface area contributed by atoms with E-state index in [1.807, 2.05) is 19.1 Å². The van der Waals surface area contributed by atoms with Gasteiger partial charge in [-0.05, 0) is 62.2 Å². The number of fused-ring (bicyclic) bond motifs is 1. The lowest BCUT2D eigenvalue weighted by atomic mass is 9.95. The highest BCUT2D eigenvalue weighted by molar-refractivity contribution is 7.07. The number of carbonyl (C=O) groups excluding carboxylic acids is 2. The van der Waals surface area contributed by atoms with Crippen molar-refractivity contribution >= 4 is 35.0 Å². The van der Waals surface area contributed by atoms with Gasteiger partial charge in [0.05, 0.1) is 35.1 Å². The van der Waals surface area contributed by atoms with Crippen molar-refractivity contribution in [1.82, 2.24) is 4.57 Å². The number of aromatic nitrogens is 1. The predicted octanol–water partition coefficient (Wildman–Crippen LogP) is 3.72. The molecule has 1 aromatic heterocycles. The van der Waals surface area contributed by atoms with E-state index in [-0.39, 0.29) is 23.6 Å². The molecule has 0 radical (unpaired) electrons. The van der Waals surface area contributed by atoms with Gasteiger partial charge in [0.1, 0.15) is 6.61 Å². The van der Waals surface area contributed by atoms with E-state index in [9.17, 15) is 14.4 Å². The van der Waals surface area contributed by atoms with Gasteiger partial charge in [0, 0.05) is 12.6 Å². The molecule has 2 heterocycles. The first kappa shape index (κ1) is 28.6. The minimum atomic E-state index is -0.785. The van der Waals surface area contributed by atoms with E-state index in [1.165, 1.54) is 22.8 Å². The number of hydrogen-bond donors (Lipinski definition) is 1. The first-order valence-electron chi connectivity index (χ1n) is 12.8. The molecule has 0 aliphatic carbocycles. The third-order valence-electron chi connectivity index (χ3n) is 5.99. The molecule has 40 heavy (non-hydrogen) atoms. The number of rotatable bonds is 10. The van der Waals surface area contributed by atoms with Gasteiger partial charge in [0.2, 0.25) is 5.91 Å². The van der Waals surface area contributed by atoms with E-state index in [2.05, 4.69) is 16.9 Å². The molecule has 208 valence electrons. The van der Waals surface area contributed by atoms with Gasteiger partial charge < -0.3 is 19.5 Å². The number of anilines is 1. The zero-order valence-corrected chi connectivity index (χ0v) is 23.7. The summed E-state index contributed by atoms with van der Waals surface area (Å²) < 4.78 is 18.9. The molecule has 1 atom stereocenters. The van der Waals surface area contributed by atoms with Gasteiger partial charge in [-0.15, -0.1) is 0 Å². The molecular weight excluding hydrogens is 530 g/mol. The van der Waals surface area contributed by atoms with Crippen LogP contribution in [0, 0.1) is 0 Å². The third-order valence-corrected chi connectivity index (χ3v) is 6.97.